The summed E-state index contributed by atoms with van der Waals surface area (Å²) in [6.45, 7) is 0. The second-order valence-electron chi connectivity index (χ2n) is 6.45. The van der Waals surface area contributed by atoms with Gasteiger partial charge in [-0.25, -0.2) is 0 Å². The molecular weight excluding hydrogens is 460 g/mol. The number of amides is 2. The lowest BCUT2D eigenvalue weighted by atomic mass is 10.1. The third-order valence-electron chi connectivity index (χ3n) is 4.37. The second kappa shape index (κ2) is 10.4. The van der Waals surface area contributed by atoms with Crippen LogP contribution in [-0.2, 0) is 4.79 Å². The van der Waals surface area contributed by atoms with E-state index in [0.717, 1.165) is 10.0 Å². The van der Waals surface area contributed by atoms with Crippen molar-refractivity contribution < 1.29 is 19.1 Å². The molecule has 3 aromatic carbocycles. The Morgan fingerprint density at radius 1 is 0.871 bits per heavy atom. The molecule has 0 saturated carbocycles. The van der Waals surface area contributed by atoms with Crippen molar-refractivity contribution in [2.75, 3.05) is 19.5 Å². The normalized spacial score (nSPS) is 10.9. The molecule has 0 fully saturated rings. The molecule has 0 aliphatic rings. The van der Waals surface area contributed by atoms with Gasteiger partial charge in [-0.2, -0.15) is 0 Å². The molecule has 158 valence electrons. The molecule has 0 saturated heterocycles. The molecule has 3 aromatic rings. The van der Waals surface area contributed by atoms with Crippen molar-refractivity contribution in [1.82, 2.24) is 5.32 Å². The van der Waals surface area contributed by atoms with Crippen LogP contribution >= 0.6 is 15.9 Å². The minimum atomic E-state index is -0.462. The Morgan fingerprint density at radius 3 is 2.19 bits per heavy atom. The molecule has 3 rings (SSSR count). The van der Waals surface area contributed by atoms with Crippen LogP contribution in [0.2, 0.25) is 0 Å². The van der Waals surface area contributed by atoms with Crippen molar-refractivity contribution in [3.63, 3.8) is 0 Å². The predicted molar refractivity (Wildman–Crippen MR) is 124 cm³/mol. The molecule has 0 heterocycles. The maximum Gasteiger partial charge on any atom is 0.272 e. The molecule has 0 aliphatic carbocycles. The Bertz CT molecular complexity index is 1090. The third-order valence-corrected chi connectivity index (χ3v) is 4.90. The standard InChI is InChI=1S/C24H21BrN2O4/c1-30-19-13-11-18(12-14-19)26-24(29)21(15-16-7-9-17(25)10-8-16)27-23(28)20-5-3-4-6-22(20)31-2/h3-15H,1-2H3,(H,26,29)(H,27,28)/b21-15+. The van der Waals surface area contributed by atoms with Crippen molar-refractivity contribution in [3.05, 3.63) is 94.1 Å². The zero-order valence-electron chi connectivity index (χ0n) is 17.0. The average Bonchev–Trinajstić information content (AvgIpc) is 2.80. The molecule has 2 amide bonds. The number of hydrogen-bond acceptors (Lipinski definition) is 4. The first-order valence-electron chi connectivity index (χ1n) is 9.37. The van der Waals surface area contributed by atoms with Crippen molar-refractivity contribution in [1.29, 1.82) is 0 Å². The number of anilines is 1. The largest absolute Gasteiger partial charge is 0.497 e. The lowest BCUT2D eigenvalue weighted by Crippen LogP contribution is -2.31. The summed E-state index contributed by atoms with van der Waals surface area (Å²) in [6, 6.07) is 21.1. The number of hydrogen-bond donors (Lipinski definition) is 2. The van der Waals surface area contributed by atoms with Crippen molar-refractivity contribution in [2.24, 2.45) is 0 Å². The Balaban J connectivity index is 1.89. The fraction of sp³-hybridized carbons (Fsp3) is 0.0833. The second-order valence-corrected chi connectivity index (χ2v) is 7.36. The van der Waals surface area contributed by atoms with Crippen LogP contribution in [0.3, 0.4) is 0 Å². The number of rotatable bonds is 7. The van der Waals surface area contributed by atoms with Gasteiger partial charge in [-0.05, 0) is 60.2 Å². The van der Waals surface area contributed by atoms with Crippen LogP contribution in [0.1, 0.15) is 15.9 Å². The summed E-state index contributed by atoms with van der Waals surface area (Å²) in [5, 5.41) is 5.50. The van der Waals surface area contributed by atoms with Crippen LogP contribution in [-0.4, -0.2) is 26.0 Å². The molecule has 2 N–H and O–H groups in total. The fourth-order valence-electron chi connectivity index (χ4n) is 2.78. The molecule has 6 nitrogen and oxygen atoms in total. The summed E-state index contributed by atoms with van der Waals surface area (Å²) < 4.78 is 11.3. The van der Waals surface area contributed by atoms with E-state index >= 15 is 0 Å². The van der Waals surface area contributed by atoms with Gasteiger partial charge in [0, 0.05) is 10.2 Å². The van der Waals surface area contributed by atoms with Crippen LogP contribution in [0.4, 0.5) is 5.69 Å². The highest BCUT2D eigenvalue weighted by atomic mass is 79.9. The fourth-order valence-corrected chi connectivity index (χ4v) is 3.04. The van der Waals surface area contributed by atoms with E-state index in [9.17, 15) is 9.59 Å². The molecule has 0 spiro atoms. The van der Waals surface area contributed by atoms with Crippen molar-refractivity contribution in [2.45, 2.75) is 0 Å². The summed E-state index contributed by atoms with van der Waals surface area (Å²) in [5.74, 6) is 0.175. The molecule has 0 bridgehead atoms. The van der Waals surface area contributed by atoms with E-state index < -0.39 is 11.8 Å². The van der Waals surface area contributed by atoms with Gasteiger partial charge in [0.1, 0.15) is 17.2 Å². The van der Waals surface area contributed by atoms with Gasteiger partial charge in [0.05, 0.1) is 19.8 Å². The number of methoxy groups -OCH3 is 2. The summed E-state index contributed by atoms with van der Waals surface area (Å²) in [7, 11) is 3.06. The van der Waals surface area contributed by atoms with E-state index in [4.69, 9.17) is 9.47 Å². The van der Waals surface area contributed by atoms with Gasteiger partial charge < -0.3 is 20.1 Å². The van der Waals surface area contributed by atoms with E-state index in [1.54, 1.807) is 61.7 Å². The molecule has 31 heavy (non-hydrogen) atoms. The highest BCUT2D eigenvalue weighted by Gasteiger charge is 2.17. The third kappa shape index (κ3) is 5.96. The molecular formula is C24H21BrN2O4. The van der Waals surface area contributed by atoms with Crippen molar-refractivity contribution >= 4 is 39.5 Å². The van der Waals surface area contributed by atoms with E-state index in [1.165, 1.54) is 7.11 Å². The molecule has 0 aliphatic heterocycles. The topological polar surface area (TPSA) is 76.7 Å². The van der Waals surface area contributed by atoms with E-state index in [2.05, 4.69) is 26.6 Å². The van der Waals surface area contributed by atoms with E-state index in [0.29, 0.717) is 22.7 Å². The number of halogens is 1. The number of ether oxygens (including phenoxy) is 2. The van der Waals surface area contributed by atoms with Crippen LogP contribution in [0.25, 0.3) is 6.08 Å². The quantitative estimate of drug-likeness (QED) is 0.472. The zero-order valence-corrected chi connectivity index (χ0v) is 18.6. The number of nitrogens with one attached hydrogen (secondary N) is 2. The van der Waals surface area contributed by atoms with Gasteiger partial charge in [0.15, 0.2) is 0 Å². The van der Waals surface area contributed by atoms with Gasteiger partial charge in [0.25, 0.3) is 11.8 Å². The zero-order chi connectivity index (χ0) is 22.2. The van der Waals surface area contributed by atoms with E-state index in [1.807, 2.05) is 24.3 Å². The summed E-state index contributed by atoms with van der Waals surface area (Å²) in [4.78, 5) is 25.9. The van der Waals surface area contributed by atoms with Gasteiger partial charge in [0.2, 0.25) is 0 Å². The lowest BCUT2D eigenvalue weighted by Gasteiger charge is -2.13. The molecule has 0 unspecified atom stereocenters. The number of benzene rings is 3. The van der Waals surface area contributed by atoms with Gasteiger partial charge >= 0.3 is 0 Å². The number of carbonyl (C=O) groups is 2. The monoisotopic (exact) mass is 480 g/mol. The van der Waals surface area contributed by atoms with Crippen LogP contribution in [0.5, 0.6) is 11.5 Å². The Morgan fingerprint density at radius 2 is 1.55 bits per heavy atom. The average molecular weight is 481 g/mol. The highest BCUT2D eigenvalue weighted by molar-refractivity contribution is 9.10. The van der Waals surface area contributed by atoms with Crippen molar-refractivity contribution in [3.8, 4) is 11.5 Å². The number of carbonyl (C=O) groups excluding carboxylic acids is 2. The van der Waals surface area contributed by atoms with Gasteiger partial charge in [-0.15, -0.1) is 0 Å². The molecule has 0 atom stereocenters. The van der Waals surface area contributed by atoms with Crippen LogP contribution in [0.15, 0.2) is 83.0 Å². The predicted octanol–water partition coefficient (Wildman–Crippen LogP) is 4.88. The Labute approximate surface area is 189 Å². The molecule has 7 heteroatoms. The van der Waals surface area contributed by atoms with E-state index in [-0.39, 0.29) is 5.70 Å². The van der Waals surface area contributed by atoms with Gasteiger partial charge in [-0.3, -0.25) is 9.59 Å². The Kier molecular flexibility index (Phi) is 7.45. The first kappa shape index (κ1) is 22.1. The van der Waals surface area contributed by atoms with Gasteiger partial charge in [-0.1, -0.05) is 40.2 Å². The summed E-state index contributed by atoms with van der Waals surface area (Å²) in [6.07, 6.45) is 1.61. The van der Waals surface area contributed by atoms with Crippen LogP contribution in [0, 0.1) is 0 Å². The molecule has 0 aromatic heterocycles. The molecule has 0 radical (unpaired) electrons. The maximum atomic E-state index is 13.0. The summed E-state index contributed by atoms with van der Waals surface area (Å²) >= 11 is 3.39. The number of para-hydroxylation sites is 1. The summed E-state index contributed by atoms with van der Waals surface area (Å²) in [5.41, 5.74) is 1.74. The van der Waals surface area contributed by atoms with Crippen LogP contribution < -0.4 is 20.1 Å². The first-order chi connectivity index (χ1) is 15.0. The Hall–Kier alpha value is -3.58. The maximum absolute atomic E-state index is 13.0. The first-order valence-corrected chi connectivity index (χ1v) is 10.2. The SMILES string of the molecule is COc1ccc(NC(=O)/C(=C\c2ccc(Br)cc2)NC(=O)c2ccccc2OC)cc1. The minimum absolute atomic E-state index is 0.0917. The lowest BCUT2D eigenvalue weighted by molar-refractivity contribution is -0.113. The minimum Gasteiger partial charge on any atom is -0.497 e. The highest BCUT2D eigenvalue weighted by Crippen LogP contribution is 2.20. The smallest absolute Gasteiger partial charge is 0.272 e.